The number of aliphatic hydroxyl groups excluding tert-OH is 1. The van der Waals surface area contributed by atoms with Crippen molar-refractivity contribution < 1.29 is 24.5 Å². The summed E-state index contributed by atoms with van der Waals surface area (Å²) in [6.07, 6.45) is -0.272. The van der Waals surface area contributed by atoms with E-state index in [0.717, 1.165) is 0 Å². The summed E-state index contributed by atoms with van der Waals surface area (Å²) in [7, 11) is 0. The van der Waals surface area contributed by atoms with Crippen molar-refractivity contribution in [3.63, 3.8) is 0 Å². The number of carboxylic acid groups (broad SMARTS) is 1. The Morgan fingerprint density at radius 3 is 2.24 bits per heavy atom. The summed E-state index contributed by atoms with van der Waals surface area (Å²) < 4.78 is 5.51. The lowest BCUT2D eigenvalue weighted by atomic mass is 9.88. The molecule has 0 aromatic rings. The van der Waals surface area contributed by atoms with Gasteiger partial charge in [-0.25, -0.2) is 4.79 Å². The molecule has 0 radical (unpaired) electrons. The third-order valence-corrected chi connectivity index (χ3v) is 3.34. The van der Waals surface area contributed by atoms with Crippen LogP contribution in [0.5, 0.6) is 0 Å². The number of aliphatic hydroxyl groups is 1. The van der Waals surface area contributed by atoms with Gasteiger partial charge in [0.05, 0.1) is 24.7 Å². The molecule has 1 amide bonds. The molecule has 1 rings (SSSR count). The minimum Gasteiger partial charge on any atom is -0.480 e. The van der Waals surface area contributed by atoms with Crippen molar-refractivity contribution in [3.05, 3.63) is 0 Å². The maximum absolute atomic E-state index is 11.9. The van der Waals surface area contributed by atoms with Crippen molar-refractivity contribution in [3.8, 4) is 0 Å². The maximum atomic E-state index is 11.9. The van der Waals surface area contributed by atoms with Crippen molar-refractivity contribution in [2.45, 2.75) is 39.0 Å². The quantitative estimate of drug-likeness (QED) is 0.626. The van der Waals surface area contributed by atoms with E-state index in [1.807, 2.05) is 13.8 Å². The van der Waals surface area contributed by atoms with E-state index >= 15 is 0 Å². The molecule has 4 unspecified atom stereocenters. The smallest absolute Gasteiger partial charge is 0.328 e. The number of ether oxygens (including phenoxy) is 1. The second-order valence-corrected chi connectivity index (χ2v) is 4.51. The normalized spacial score (nSPS) is 34.4. The second kappa shape index (κ2) is 5.46. The van der Waals surface area contributed by atoms with Crippen molar-refractivity contribution in [2.24, 2.45) is 11.8 Å². The van der Waals surface area contributed by atoms with Gasteiger partial charge in [0.25, 0.3) is 0 Å². The van der Waals surface area contributed by atoms with Crippen LogP contribution < -0.4 is 5.32 Å². The summed E-state index contributed by atoms with van der Waals surface area (Å²) in [5.41, 5.74) is 0. The van der Waals surface area contributed by atoms with E-state index in [0.29, 0.717) is 0 Å². The SMILES string of the molecule is CC1OC(C)C(C(=O)N[C@H](CO)C(=O)O)C1C. The number of carbonyl (C=O) groups excluding carboxylic acids is 1. The van der Waals surface area contributed by atoms with E-state index in [4.69, 9.17) is 14.9 Å². The van der Waals surface area contributed by atoms with Gasteiger partial charge in [-0.1, -0.05) is 6.92 Å². The number of aliphatic carboxylic acids is 1. The zero-order valence-corrected chi connectivity index (χ0v) is 10.2. The minimum atomic E-state index is -1.25. The van der Waals surface area contributed by atoms with Gasteiger partial charge in [0, 0.05) is 0 Å². The first-order valence-electron chi connectivity index (χ1n) is 5.68. The lowest BCUT2D eigenvalue weighted by Gasteiger charge is -2.20. The molecule has 6 nitrogen and oxygen atoms in total. The molecule has 0 bridgehead atoms. The van der Waals surface area contributed by atoms with Crippen molar-refractivity contribution in [1.82, 2.24) is 5.32 Å². The van der Waals surface area contributed by atoms with Gasteiger partial charge in [-0.3, -0.25) is 4.79 Å². The summed E-state index contributed by atoms with van der Waals surface area (Å²) in [6, 6.07) is -1.25. The Morgan fingerprint density at radius 1 is 1.29 bits per heavy atom. The summed E-state index contributed by atoms with van der Waals surface area (Å²) in [4.78, 5) is 22.6. The molecular formula is C11H19NO5. The van der Waals surface area contributed by atoms with Crippen LogP contribution in [0.3, 0.4) is 0 Å². The van der Waals surface area contributed by atoms with Crippen molar-refractivity contribution in [2.75, 3.05) is 6.61 Å². The largest absolute Gasteiger partial charge is 0.480 e. The standard InChI is InChI=1S/C11H19NO5/c1-5-6(2)17-7(3)9(5)10(14)12-8(4-13)11(15)16/h5-9,13H,4H2,1-3H3,(H,12,14)(H,15,16)/t5?,6?,7?,8-,9?/m1/s1. The van der Waals surface area contributed by atoms with Crippen LogP contribution in [0.1, 0.15) is 20.8 Å². The van der Waals surface area contributed by atoms with Crippen molar-refractivity contribution in [1.29, 1.82) is 0 Å². The van der Waals surface area contributed by atoms with Gasteiger partial charge in [-0.15, -0.1) is 0 Å². The van der Waals surface area contributed by atoms with Gasteiger partial charge >= 0.3 is 5.97 Å². The average Bonchev–Trinajstić information content (AvgIpc) is 2.49. The molecule has 0 aliphatic carbocycles. The van der Waals surface area contributed by atoms with E-state index in [-0.39, 0.29) is 30.0 Å². The molecule has 3 N–H and O–H groups in total. The van der Waals surface area contributed by atoms with Gasteiger partial charge < -0.3 is 20.3 Å². The van der Waals surface area contributed by atoms with Gasteiger partial charge in [0.2, 0.25) is 5.91 Å². The first-order valence-corrected chi connectivity index (χ1v) is 5.68. The van der Waals surface area contributed by atoms with E-state index < -0.39 is 18.6 Å². The van der Waals surface area contributed by atoms with Crippen LogP contribution in [0, 0.1) is 11.8 Å². The molecule has 98 valence electrons. The van der Waals surface area contributed by atoms with Crippen LogP contribution in [-0.4, -0.2) is 46.9 Å². The molecule has 1 saturated heterocycles. The Labute approximate surface area is 100.0 Å². The number of nitrogens with one attached hydrogen (secondary N) is 1. The lowest BCUT2D eigenvalue weighted by Crippen LogP contribution is -2.48. The molecule has 17 heavy (non-hydrogen) atoms. The highest BCUT2D eigenvalue weighted by Crippen LogP contribution is 2.32. The lowest BCUT2D eigenvalue weighted by molar-refractivity contribution is -0.144. The highest BCUT2D eigenvalue weighted by atomic mass is 16.5. The van der Waals surface area contributed by atoms with Crippen LogP contribution in [0.25, 0.3) is 0 Å². The number of carboxylic acids is 1. The number of carbonyl (C=O) groups is 2. The third-order valence-electron chi connectivity index (χ3n) is 3.34. The topological polar surface area (TPSA) is 95.9 Å². The van der Waals surface area contributed by atoms with Crippen LogP contribution in [0.4, 0.5) is 0 Å². The molecule has 6 heteroatoms. The minimum absolute atomic E-state index is 0.0261. The summed E-state index contributed by atoms with van der Waals surface area (Å²) in [5.74, 6) is -1.97. The molecule has 0 saturated carbocycles. The molecule has 1 heterocycles. The Kier molecular flexibility index (Phi) is 4.47. The zero-order chi connectivity index (χ0) is 13.2. The van der Waals surface area contributed by atoms with Crippen LogP contribution >= 0.6 is 0 Å². The van der Waals surface area contributed by atoms with Gasteiger partial charge in [-0.2, -0.15) is 0 Å². The maximum Gasteiger partial charge on any atom is 0.328 e. The van der Waals surface area contributed by atoms with E-state index in [2.05, 4.69) is 5.32 Å². The molecule has 1 aliphatic rings. The Hall–Kier alpha value is -1.14. The number of hydrogen-bond acceptors (Lipinski definition) is 4. The summed E-state index contributed by atoms with van der Waals surface area (Å²) in [5, 5.41) is 19.9. The summed E-state index contributed by atoms with van der Waals surface area (Å²) >= 11 is 0. The van der Waals surface area contributed by atoms with Gasteiger partial charge in [-0.05, 0) is 19.8 Å². The predicted octanol–water partition coefficient (Wildman–Crippen LogP) is -0.392. The van der Waals surface area contributed by atoms with Crippen LogP contribution in [0.2, 0.25) is 0 Å². The van der Waals surface area contributed by atoms with E-state index in [9.17, 15) is 9.59 Å². The molecular weight excluding hydrogens is 226 g/mol. The van der Waals surface area contributed by atoms with Crippen LogP contribution in [0.15, 0.2) is 0 Å². The summed E-state index contributed by atoms with van der Waals surface area (Å²) in [6.45, 7) is 4.95. The molecule has 1 fully saturated rings. The first kappa shape index (κ1) is 13.9. The predicted molar refractivity (Wildman–Crippen MR) is 59.3 cm³/mol. The second-order valence-electron chi connectivity index (χ2n) is 4.51. The average molecular weight is 245 g/mol. The highest BCUT2D eigenvalue weighted by molar-refractivity contribution is 5.85. The first-order chi connectivity index (χ1) is 7.88. The third kappa shape index (κ3) is 2.95. The number of amides is 1. The fourth-order valence-electron chi connectivity index (χ4n) is 2.17. The molecule has 0 aromatic carbocycles. The molecule has 0 spiro atoms. The van der Waals surface area contributed by atoms with E-state index in [1.165, 1.54) is 0 Å². The molecule has 1 aliphatic heterocycles. The number of hydrogen-bond donors (Lipinski definition) is 3. The van der Waals surface area contributed by atoms with Gasteiger partial charge in [0.1, 0.15) is 6.04 Å². The van der Waals surface area contributed by atoms with Crippen molar-refractivity contribution >= 4 is 11.9 Å². The fraction of sp³-hybridized carbons (Fsp3) is 0.818. The van der Waals surface area contributed by atoms with E-state index in [1.54, 1.807) is 6.92 Å². The van der Waals surface area contributed by atoms with Gasteiger partial charge in [0.15, 0.2) is 0 Å². The van der Waals surface area contributed by atoms with Crippen LogP contribution in [-0.2, 0) is 14.3 Å². The molecule has 5 atom stereocenters. The highest BCUT2D eigenvalue weighted by Gasteiger charge is 2.42. The Bertz CT molecular complexity index is 306. The zero-order valence-electron chi connectivity index (χ0n) is 10.2. The Balaban J connectivity index is 2.67. The number of rotatable bonds is 4. The fourth-order valence-corrected chi connectivity index (χ4v) is 2.17. The molecule has 0 aromatic heterocycles. The monoisotopic (exact) mass is 245 g/mol. The Morgan fingerprint density at radius 2 is 1.88 bits per heavy atom.